The Hall–Kier alpha value is -3.48. The molecule has 3 atom stereocenters. The molecule has 1 aliphatic heterocycles. The number of ether oxygens (including phenoxy) is 2. The highest BCUT2D eigenvalue weighted by molar-refractivity contribution is 7.92. The van der Waals surface area contributed by atoms with Gasteiger partial charge in [0.05, 0.1) is 30.2 Å². The normalized spacial score (nSPS) is 18.5. The van der Waals surface area contributed by atoms with Gasteiger partial charge in [0.1, 0.15) is 35.9 Å². The van der Waals surface area contributed by atoms with Crippen molar-refractivity contribution in [2.24, 2.45) is 11.7 Å². The van der Waals surface area contributed by atoms with Crippen LogP contribution in [0.4, 0.5) is 10.1 Å². The van der Waals surface area contributed by atoms with E-state index < -0.39 is 46.0 Å². The van der Waals surface area contributed by atoms with Crippen LogP contribution in [0, 0.1) is 11.7 Å². The molecule has 210 valence electrons. The van der Waals surface area contributed by atoms with Crippen LogP contribution < -0.4 is 15.4 Å². The van der Waals surface area contributed by atoms with E-state index in [-0.39, 0.29) is 36.0 Å². The average molecular weight is 562 g/mol. The lowest BCUT2D eigenvalue weighted by atomic mass is 10.0. The van der Waals surface area contributed by atoms with E-state index in [2.05, 4.69) is 5.32 Å². The van der Waals surface area contributed by atoms with Crippen molar-refractivity contribution in [3.05, 3.63) is 53.3 Å². The smallest absolute Gasteiger partial charge is 0.323 e. The predicted molar refractivity (Wildman–Crippen MR) is 144 cm³/mol. The second kappa shape index (κ2) is 10.9. The summed E-state index contributed by atoms with van der Waals surface area (Å²) in [4.78, 5) is 25.3. The summed E-state index contributed by atoms with van der Waals surface area (Å²) in [5, 5.41) is 3.03. The minimum atomic E-state index is -3.81. The van der Waals surface area contributed by atoms with Crippen molar-refractivity contribution >= 4 is 38.6 Å². The van der Waals surface area contributed by atoms with Gasteiger partial charge in [-0.3, -0.25) is 13.9 Å². The molecule has 1 aliphatic rings. The first-order valence-corrected chi connectivity index (χ1v) is 14.3. The van der Waals surface area contributed by atoms with Gasteiger partial charge in [-0.25, -0.2) is 12.8 Å². The summed E-state index contributed by atoms with van der Waals surface area (Å²) in [5.41, 5.74) is 7.65. The van der Waals surface area contributed by atoms with Crippen molar-refractivity contribution in [3.8, 4) is 11.3 Å². The second-order valence-corrected chi connectivity index (χ2v) is 11.8. The number of rotatable bonds is 7. The molecule has 0 unspecified atom stereocenters. The quantitative estimate of drug-likeness (QED) is 0.419. The number of hydrogen-bond acceptors (Lipinski definition) is 8. The maximum absolute atomic E-state index is 13.6. The molecule has 0 fully saturated rings. The minimum absolute atomic E-state index is 0.125. The lowest BCUT2D eigenvalue weighted by molar-refractivity contribution is -0.151. The molecule has 0 radical (unpaired) electrons. The summed E-state index contributed by atoms with van der Waals surface area (Å²) < 4.78 is 58.1. The number of hydrogen-bond donors (Lipinski definition) is 2. The highest BCUT2D eigenvalue weighted by atomic mass is 32.2. The van der Waals surface area contributed by atoms with Crippen molar-refractivity contribution in [1.82, 2.24) is 5.32 Å². The van der Waals surface area contributed by atoms with E-state index in [0.29, 0.717) is 22.2 Å². The van der Waals surface area contributed by atoms with Gasteiger partial charge in [-0.2, -0.15) is 0 Å². The first kappa shape index (κ1) is 28.5. The molecule has 39 heavy (non-hydrogen) atoms. The zero-order valence-electron chi connectivity index (χ0n) is 22.4. The van der Waals surface area contributed by atoms with Gasteiger partial charge in [-0.15, -0.1) is 0 Å². The van der Waals surface area contributed by atoms with Crippen LogP contribution in [0.5, 0.6) is 0 Å². The summed E-state index contributed by atoms with van der Waals surface area (Å²) in [6.45, 7) is 5.01. The molecule has 10 nitrogen and oxygen atoms in total. The fourth-order valence-corrected chi connectivity index (χ4v) is 5.44. The Morgan fingerprint density at radius 3 is 2.49 bits per heavy atom. The van der Waals surface area contributed by atoms with Gasteiger partial charge >= 0.3 is 5.97 Å². The third-order valence-corrected chi connectivity index (χ3v) is 7.82. The Bertz CT molecular complexity index is 1500. The van der Waals surface area contributed by atoms with E-state index in [9.17, 15) is 22.4 Å². The molecule has 1 amide bonds. The van der Waals surface area contributed by atoms with E-state index in [1.807, 2.05) is 0 Å². The number of nitrogens with one attached hydrogen (secondary N) is 1. The summed E-state index contributed by atoms with van der Waals surface area (Å²) in [6.07, 6.45) is -0.359. The van der Waals surface area contributed by atoms with E-state index in [0.717, 1.165) is 6.26 Å². The number of amides is 1. The van der Waals surface area contributed by atoms with Crippen LogP contribution in [0.25, 0.3) is 22.3 Å². The van der Waals surface area contributed by atoms with E-state index >= 15 is 0 Å². The number of anilines is 1. The van der Waals surface area contributed by atoms with E-state index in [1.165, 1.54) is 35.6 Å². The molecule has 0 aliphatic carbocycles. The van der Waals surface area contributed by atoms with Crippen molar-refractivity contribution in [2.45, 2.75) is 39.0 Å². The number of halogens is 1. The van der Waals surface area contributed by atoms with Crippen LogP contribution in [0.15, 0.2) is 40.8 Å². The number of furan rings is 1. The van der Waals surface area contributed by atoms with E-state index in [4.69, 9.17) is 19.6 Å². The highest BCUT2D eigenvalue weighted by Crippen LogP contribution is 2.42. The van der Waals surface area contributed by atoms with Crippen LogP contribution >= 0.6 is 0 Å². The Morgan fingerprint density at radius 1 is 1.23 bits per heavy atom. The number of carbonyl (C=O) groups excluding carboxylic acids is 2. The Labute approximate surface area is 226 Å². The molecule has 12 heteroatoms. The number of nitrogens with two attached hydrogens (primary N) is 1. The Morgan fingerprint density at radius 2 is 1.90 bits per heavy atom. The second-order valence-electron chi connectivity index (χ2n) is 9.89. The molecular formula is C27H32FN3O7S. The summed E-state index contributed by atoms with van der Waals surface area (Å²) in [5.74, 6) is -1.39. The summed E-state index contributed by atoms with van der Waals surface area (Å²) in [6, 6.07) is 7.90. The fraction of sp³-hybridized carbons (Fsp3) is 0.407. The Balaban J connectivity index is 1.80. The lowest BCUT2D eigenvalue weighted by Gasteiger charge is -2.25. The van der Waals surface area contributed by atoms with Crippen molar-refractivity contribution in [3.63, 3.8) is 0 Å². The summed E-state index contributed by atoms with van der Waals surface area (Å²) in [7, 11) is -2.33. The van der Waals surface area contributed by atoms with Gasteiger partial charge in [-0.1, -0.05) is 13.8 Å². The molecule has 0 bridgehead atoms. The van der Waals surface area contributed by atoms with Crippen LogP contribution in [0.2, 0.25) is 0 Å². The number of esters is 1. The maximum Gasteiger partial charge on any atom is 0.323 e. The summed E-state index contributed by atoms with van der Waals surface area (Å²) >= 11 is 0. The third-order valence-electron chi connectivity index (χ3n) is 6.67. The fourth-order valence-electron chi connectivity index (χ4n) is 4.48. The van der Waals surface area contributed by atoms with Crippen LogP contribution in [0.1, 0.15) is 42.8 Å². The molecule has 3 aromatic rings. The number of benzene rings is 2. The van der Waals surface area contributed by atoms with Crippen molar-refractivity contribution in [1.29, 1.82) is 0 Å². The standard InChI is InChI=1S/C27H32FN3O7S/c1-14(2)24(29)27(33)36-13-18-12-31(39(5,34)35)21-11-22-20(10-19(21)15(3)37-18)23(26(32)30-4)25(38-22)16-6-8-17(28)9-7-16/h6-11,14-15,18,24H,12-13,29H2,1-5H3,(H,30,32)/t15-,18-,24+/m0/s1. The Kier molecular flexibility index (Phi) is 8.01. The van der Waals surface area contributed by atoms with Crippen LogP contribution in [-0.4, -0.2) is 58.9 Å². The average Bonchev–Trinajstić information content (AvgIpc) is 3.19. The minimum Gasteiger partial charge on any atom is -0.462 e. The molecule has 3 N–H and O–H groups in total. The number of sulfonamides is 1. The molecule has 2 aromatic carbocycles. The molecule has 0 saturated heterocycles. The molecule has 0 saturated carbocycles. The maximum atomic E-state index is 13.6. The van der Waals surface area contributed by atoms with Crippen LogP contribution in [0.3, 0.4) is 0 Å². The molecule has 1 aromatic heterocycles. The first-order valence-electron chi connectivity index (χ1n) is 12.5. The van der Waals surface area contributed by atoms with Crippen molar-refractivity contribution in [2.75, 3.05) is 30.8 Å². The molecule has 4 rings (SSSR count). The van der Waals surface area contributed by atoms with Crippen LogP contribution in [-0.2, 0) is 24.3 Å². The number of fused-ring (bicyclic) bond motifs is 2. The lowest BCUT2D eigenvalue weighted by Crippen LogP contribution is -2.42. The zero-order chi connectivity index (χ0) is 28.6. The molecular weight excluding hydrogens is 529 g/mol. The number of carbonyl (C=O) groups is 2. The predicted octanol–water partition coefficient (Wildman–Crippen LogP) is 3.35. The monoisotopic (exact) mass is 561 g/mol. The van der Waals surface area contributed by atoms with Gasteiger partial charge in [0.15, 0.2) is 0 Å². The van der Waals surface area contributed by atoms with Crippen molar-refractivity contribution < 1.29 is 36.3 Å². The molecule has 2 heterocycles. The van der Waals surface area contributed by atoms with Gasteiger partial charge in [0.2, 0.25) is 10.0 Å². The first-order chi connectivity index (χ1) is 18.3. The zero-order valence-corrected chi connectivity index (χ0v) is 23.2. The SMILES string of the molecule is CNC(=O)c1c(-c2ccc(F)cc2)oc2cc3c(cc12)[C@H](C)O[C@H](COC(=O)[C@H](N)C(C)C)CN3S(C)(=O)=O. The van der Waals surface area contributed by atoms with E-state index in [1.54, 1.807) is 32.9 Å². The van der Waals surface area contributed by atoms with Gasteiger partial charge in [0.25, 0.3) is 5.91 Å². The van der Waals surface area contributed by atoms with Gasteiger partial charge < -0.3 is 24.9 Å². The number of nitrogens with zero attached hydrogens (tertiary/aromatic N) is 1. The third kappa shape index (κ3) is 5.77. The topological polar surface area (TPSA) is 141 Å². The highest BCUT2D eigenvalue weighted by Gasteiger charge is 2.34. The molecule has 0 spiro atoms. The van der Waals surface area contributed by atoms with Gasteiger partial charge in [0, 0.05) is 29.6 Å². The largest absolute Gasteiger partial charge is 0.462 e. The van der Waals surface area contributed by atoms with Gasteiger partial charge in [-0.05, 0) is 43.2 Å².